The van der Waals surface area contributed by atoms with E-state index in [1.807, 2.05) is 0 Å². The van der Waals surface area contributed by atoms with Crippen molar-refractivity contribution in [3.63, 3.8) is 0 Å². The predicted octanol–water partition coefficient (Wildman–Crippen LogP) is 6.37. The Labute approximate surface area is 147 Å². The Morgan fingerprint density at radius 3 is 2.67 bits per heavy atom. The number of rotatable bonds is 6. The number of carbonyl (C=O) groups is 1. The highest BCUT2D eigenvalue weighted by molar-refractivity contribution is 5.95. The van der Waals surface area contributed by atoms with Gasteiger partial charge in [-0.3, -0.25) is 4.79 Å². The Morgan fingerprint density at radius 1 is 1.12 bits per heavy atom. The van der Waals surface area contributed by atoms with E-state index in [4.69, 9.17) is 0 Å². The molecule has 0 bridgehead atoms. The lowest BCUT2D eigenvalue weighted by atomic mass is 9.76. The van der Waals surface area contributed by atoms with Crippen LogP contribution in [0.5, 0.6) is 0 Å². The van der Waals surface area contributed by atoms with Crippen LogP contribution in [0.15, 0.2) is 35.9 Å². The molecule has 130 valence electrons. The summed E-state index contributed by atoms with van der Waals surface area (Å²) in [5, 5.41) is 0. The molecule has 0 radical (unpaired) electrons. The first-order valence-electron chi connectivity index (χ1n) is 10.1. The van der Waals surface area contributed by atoms with Crippen LogP contribution in [0.2, 0.25) is 0 Å². The van der Waals surface area contributed by atoms with Gasteiger partial charge in [0.2, 0.25) is 0 Å². The van der Waals surface area contributed by atoms with Gasteiger partial charge in [0.05, 0.1) is 0 Å². The van der Waals surface area contributed by atoms with Crippen molar-refractivity contribution in [2.45, 2.75) is 83.5 Å². The van der Waals surface area contributed by atoms with Crippen LogP contribution < -0.4 is 0 Å². The molecule has 1 fully saturated rings. The third-order valence-electron chi connectivity index (χ3n) is 5.93. The van der Waals surface area contributed by atoms with Crippen molar-refractivity contribution in [1.29, 1.82) is 0 Å². The summed E-state index contributed by atoms with van der Waals surface area (Å²) in [5.74, 6) is 1.78. The Morgan fingerprint density at radius 2 is 1.96 bits per heavy atom. The van der Waals surface area contributed by atoms with E-state index in [2.05, 4.69) is 37.3 Å². The summed E-state index contributed by atoms with van der Waals surface area (Å²) < 4.78 is 0. The molecule has 3 rings (SSSR count). The van der Waals surface area contributed by atoms with Gasteiger partial charge >= 0.3 is 0 Å². The largest absolute Gasteiger partial charge is 0.295 e. The number of benzene rings is 1. The van der Waals surface area contributed by atoms with Crippen molar-refractivity contribution in [2.75, 3.05) is 0 Å². The van der Waals surface area contributed by atoms with Crippen LogP contribution in [-0.2, 0) is 11.2 Å². The summed E-state index contributed by atoms with van der Waals surface area (Å²) >= 11 is 0. The zero-order valence-electron chi connectivity index (χ0n) is 15.2. The van der Waals surface area contributed by atoms with Crippen molar-refractivity contribution < 1.29 is 4.79 Å². The molecule has 0 N–H and O–H groups in total. The molecule has 1 heteroatoms. The van der Waals surface area contributed by atoms with E-state index in [0.29, 0.717) is 17.6 Å². The van der Waals surface area contributed by atoms with Gasteiger partial charge in [-0.2, -0.15) is 0 Å². The standard InChI is InChI=1S/C23H32O/c1-2-7-18-8-6-11-22(16-18)20-14-12-19(13-15-20)17-23(24)21-9-4-3-5-10-21/h6,8-9,11,16,19-20H,2-5,7,10,12-15,17H2,1H3. The van der Waals surface area contributed by atoms with Crippen LogP contribution in [0.1, 0.15) is 88.2 Å². The molecule has 2 aliphatic rings. The predicted molar refractivity (Wildman–Crippen MR) is 101 cm³/mol. The Balaban J connectivity index is 1.51. The van der Waals surface area contributed by atoms with Crippen LogP contribution in [-0.4, -0.2) is 5.78 Å². The zero-order chi connectivity index (χ0) is 16.8. The second-order valence-corrected chi connectivity index (χ2v) is 7.82. The van der Waals surface area contributed by atoms with E-state index in [0.717, 1.165) is 24.8 Å². The first-order chi connectivity index (χ1) is 11.8. The lowest BCUT2D eigenvalue weighted by Crippen LogP contribution is -2.18. The third kappa shape index (κ3) is 4.59. The number of ketones is 1. The lowest BCUT2D eigenvalue weighted by molar-refractivity contribution is -0.116. The summed E-state index contributed by atoms with van der Waals surface area (Å²) in [6.45, 7) is 2.25. The fourth-order valence-electron chi connectivity index (χ4n) is 4.48. The molecule has 1 aromatic carbocycles. The van der Waals surface area contributed by atoms with E-state index >= 15 is 0 Å². The minimum atomic E-state index is 0.447. The second kappa shape index (κ2) is 8.65. The highest BCUT2D eigenvalue weighted by Crippen LogP contribution is 2.38. The van der Waals surface area contributed by atoms with Crippen LogP contribution in [0.4, 0.5) is 0 Å². The smallest absolute Gasteiger partial charge is 0.158 e. The molecule has 0 aromatic heterocycles. The molecule has 1 aromatic rings. The van der Waals surface area contributed by atoms with Gasteiger partial charge in [-0.15, -0.1) is 0 Å². The molecule has 0 heterocycles. The van der Waals surface area contributed by atoms with Crippen LogP contribution >= 0.6 is 0 Å². The Kier molecular flexibility index (Phi) is 6.29. The molecule has 0 saturated heterocycles. The van der Waals surface area contributed by atoms with Gasteiger partial charge < -0.3 is 0 Å². The van der Waals surface area contributed by atoms with E-state index in [-0.39, 0.29) is 0 Å². The number of aryl methyl sites for hydroxylation is 1. The SMILES string of the molecule is CCCc1cccc(C2CCC(CC(=O)C3=CCCCC3)CC2)c1. The zero-order valence-corrected chi connectivity index (χ0v) is 15.2. The summed E-state index contributed by atoms with van der Waals surface area (Å²) in [7, 11) is 0. The van der Waals surface area contributed by atoms with Crippen molar-refractivity contribution in [3.8, 4) is 0 Å². The number of hydrogen-bond acceptors (Lipinski definition) is 1. The van der Waals surface area contributed by atoms with E-state index < -0.39 is 0 Å². The first-order valence-corrected chi connectivity index (χ1v) is 10.1. The fraction of sp³-hybridized carbons (Fsp3) is 0.609. The van der Waals surface area contributed by atoms with Gasteiger partial charge in [-0.25, -0.2) is 0 Å². The highest BCUT2D eigenvalue weighted by Gasteiger charge is 2.25. The van der Waals surface area contributed by atoms with Crippen molar-refractivity contribution in [1.82, 2.24) is 0 Å². The maximum atomic E-state index is 12.5. The van der Waals surface area contributed by atoms with Crippen molar-refractivity contribution >= 4 is 5.78 Å². The summed E-state index contributed by atoms with van der Waals surface area (Å²) in [6.07, 6.45) is 15.0. The molecule has 2 aliphatic carbocycles. The highest BCUT2D eigenvalue weighted by atomic mass is 16.1. The topological polar surface area (TPSA) is 17.1 Å². The molecular weight excluding hydrogens is 292 g/mol. The molecule has 0 aliphatic heterocycles. The number of allylic oxidation sites excluding steroid dienone is 2. The molecule has 0 unspecified atom stereocenters. The molecule has 0 spiro atoms. The maximum Gasteiger partial charge on any atom is 0.158 e. The average molecular weight is 325 g/mol. The molecule has 0 amide bonds. The fourth-order valence-corrected chi connectivity index (χ4v) is 4.48. The van der Waals surface area contributed by atoms with Gasteiger partial charge in [0, 0.05) is 6.42 Å². The molecule has 1 nitrogen and oxygen atoms in total. The van der Waals surface area contributed by atoms with Gasteiger partial charge in [-0.1, -0.05) is 43.7 Å². The first kappa shape index (κ1) is 17.5. The third-order valence-corrected chi connectivity index (χ3v) is 5.93. The summed E-state index contributed by atoms with van der Waals surface area (Å²) in [5.41, 5.74) is 4.15. The molecule has 1 saturated carbocycles. The van der Waals surface area contributed by atoms with E-state index in [9.17, 15) is 4.79 Å². The second-order valence-electron chi connectivity index (χ2n) is 7.82. The van der Waals surface area contributed by atoms with Gasteiger partial charge in [0.15, 0.2) is 5.78 Å². The quantitative estimate of drug-likeness (QED) is 0.594. The van der Waals surface area contributed by atoms with Gasteiger partial charge in [-0.05, 0) is 86.3 Å². The van der Waals surface area contributed by atoms with Crippen molar-refractivity contribution in [2.24, 2.45) is 5.92 Å². The average Bonchev–Trinajstić information content (AvgIpc) is 2.63. The number of hydrogen-bond donors (Lipinski definition) is 0. The maximum absolute atomic E-state index is 12.5. The molecular formula is C23H32O. The number of carbonyl (C=O) groups excluding carboxylic acids is 1. The monoisotopic (exact) mass is 324 g/mol. The Hall–Kier alpha value is -1.37. The minimum Gasteiger partial charge on any atom is -0.295 e. The van der Waals surface area contributed by atoms with Crippen LogP contribution in [0.3, 0.4) is 0 Å². The van der Waals surface area contributed by atoms with Gasteiger partial charge in [0.25, 0.3) is 0 Å². The molecule has 0 atom stereocenters. The lowest BCUT2D eigenvalue weighted by Gasteiger charge is -2.29. The van der Waals surface area contributed by atoms with E-state index in [1.165, 1.54) is 62.5 Å². The summed E-state index contributed by atoms with van der Waals surface area (Å²) in [6, 6.07) is 9.22. The van der Waals surface area contributed by atoms with E-state index in [1.54, 1.807) is 0 Å². The minimum absolute atomic E-state index is 0.447. The normalized spacial score (nSPS) is 24.5. The Bertz CT molecular complexity index is 575. The van der Waals surface area contributed by atoms with Gasteiger partial charge in [0.1, 0.15) is 0 Å². The van der Waals surface area contributed by atoms with Crippen LogP contribution in [0, 0.1) is 5.92 Å². The van der Waals surface area contributed by atoms with Crippen molar-refractivity contribution in [3.05, 3.63) is 47.0 Å². The number of Topliss-reactive ketones (excluding diaryl/α,β-unsaturated/α-hetero) is 1. The molecule has 24 heavy (non-hydrogen) atoms. The van der Waals surface area contributed by atoms with Crippen LogP contribution in [0.25, 0.3) is 0 Å². The summed E-state index contributed by atoms with van der Waals surface area (Å²) in [4.78, 5) is 12.5.